The quantitative estimate of drug-likeness (QED) is 0.512. The van der Waals surface area contributed by atoms with E-state index in [2.05, 4.69) is 0 Å². The van der Waals surface area contributed by atoms with Crippen molar-refractivity contribution in [1.82, 2.24) is 0 Å². The van der Waals surface area contributed by atoms with Crippen molar-refractivity contribution in [3.63, 3.8) is 0 Å². The molecule has 4 fully saturated rings. The summed E-state index contributed by atoms with van der Waals surface area (Å²) in [7, 11) is 0. The summed E-state index contributed by atoms with van der Waals surface area (Å²) in [5, 5.41) is 0. The Morgan fingerprint density at radius 3 is 2.83 bits per heavy atom. The normalized spacial score (nSPS) is 66.0. The molecular weight excluding hydrogens is 144 g/mol. The molecule has 0 aromatic carbocycles. The van der Waals surface area contributed by atoms with E-state index in [-0.39, 0.29) is 0 Å². The fourth-order valence-electron chi connectivity index (χ4n) is 5.77. The van der Waals surface area contributed by atoms with Crippen molar-refractivity contribution in [2.75, 3.05) is 0 Å². The highest BCUT2D eigenvalue weighted by atomic mass is 14.9. The molecule has 2 bridgehead atoms. The minimum absolute atomic E-state index is 0.965. The molecule has 4 atom stereocenters. The van der Waals surface area contributed by atoms with E-state index in [1.54, 1.807) is 51.4 Å². The van der Waals surface area contributed by atoms with Crippen LogP contribution in [0, 0.1) is 22.7 Å². The van der Waals surface area contributed by atoms with Crippen LogP contribution in [0.3, 0.4) is 0 Å². The Balaban J connectivity index is 1.79. The van der Waals surface area contributed by atoms with Crippen molar-refractivity contribution in [2.45, 2.75) is 51.4 Å². The van der Waals surface area contributed by atoms with E-state index in [1.807, 2.05) is 0 Å². The SMILES string of the molecule is C1CCC23C4CCCC2(C4)C3C1. The highest BCUT2D eigenvalue weighted by Gasteiger charge is 2.85. The van der Waals surface area contributed by atoms with E-state index >= 15 is 0 Å². The van der Waals surface area contributed by atoms with E-state index < -0.39 is 0 Å². The Morgan fingerprint density at radius 2 is 1.92 bits per heavy atom. The van der Waals surface area contributed by atoms with Gasteiger partial charge in [0.15, 0.2) is 0 Å². The Bertz CT molecular complexity index is 240. The molecule has 0 heterocycles. The predicted octanol–water partition coefficient (Wildman–Crippen LogP) is 3.37. The van der Waals surface area contributed by atoms with Gasteiger partial charge in [-0.25, -0.2) is 0 Å². The average molecular weight is 162 g/mol. The zero-order chi connectivity index (χ0) is 7.81. The van der Waals surface area contributed by atoms with Gasteiger partial charge in [0, 0.05) is 0 Å². The smallest absolute Gasteiger partial charge is 0.0176 e. The molecule has 0 aromatic rings. The minimum atomic E-state index is 0.965. The average Bonchev–Trinajstić information content (AvgIpc) is 2.65. The first-order chi connectivity index (χ1) is 5.90. The predicted molar refractivity (Wildman–Crippen MR) is 48.8 cm³/mol. The summed E-state index contributed by atoms with van der Waals surface area (Å²) < 4.78 is 0. The van der Waals surface area contributed by atoms with Crippen LogP contribution in [-0.2, 0) is 0 Å². The maximum Gasteiger partial charge on any atom is -0.0176 e. The first-order valence-corrected chi connectivity index (χ1v) is 5.90. The van der Waals surface area contributed by atoms with Gasteiger partial charge < -0.3 is 0 Å². The molecule has 4 aliphatic carbocycles. The molecule has 0 radical (unpaired) electrons. The second kappa shape index (κ2) is 1.63. The molecule has 4 saturated carbocycles. The van der Waals surface area contributed by atoms with Crippen molar-refractivity contribution in [3.8, 4) is 0 Å². The highest BCUT2D eigenvalue weighted by molar-refractivity contribution is 5.33. The Morgan fingerprint density at radius 1 is 0.917 bits per heavy atom. The molecule has 4 rings (SSSR count). The maximum atomic E-state index is 1.65. The molecule has 0 aliphatic heterocycles. The topological polar surface area (TPSA) is 0 Å². The lowest BCUT2D eigenvalue weighted by molar-refractivity contribution is 0.00568. The molecule has 0 heteroatoms. The third kappa shape index (κ3) is 0.400. The summed E-state index contributed by atoms with van der Waals surface area (Å²) in [6, 6.07) is 0. The van der Waals surface area contributed by atoms with Crippen molar-refractivity contribution in [1.29, 1.82) is 0 Å². The number of hydrogen-bond acceptors (Lipinski definition) is 0. The Kier molecular flexibility index (Phi) is 0.875. The van der Waals surface area contributed by atoms with Crippen molar-refractivity contribution < 1.29 is 0 Å². The molecular formula is C12H18. The third-order valence-corrected chi connectivity index (χ3v) is 5.98. The lowest BCUT2D eigenvalue weighted by Crippen LogP contribution is -2.40. The van der Waals surface area contributed by atoms with Crippen molar-refractivity contribution in [2.24, 2.45) is 22.7 Å². The summed E-state index contributed by atoms with van der Waals surface area (Å²) in [6.07, 6.45) is 12.8. The molecule has 12 heavy (non-hydrogen) atoms. The van der Waals surface area contributed by atoms with Crippen LogP contribution in [0.1, 0.15) is 51.4 Å². The zero-order valence-corrected chi connectivity index (χ0v) is 7.81. The van der Waals surface area contributed by atoms with E-state index in [0.717, 1.165) is 10.8 Å². The molecule has 4 aliphatic rings. The second-order valence-corrected chi connectivity index (χ2v) is 5.79. The molecule has 1 spiro atoms. The molecule has 4 unspecified atom stereocenters. The Hall–Kier alpha value is 0. The van der Waals surface area contributed by atoms with Crippen LogP contribution in [0.15, 0.2) is 0 Å². The molecule has 66 valence electrons. The van der Waals surface area contributed by atoms with Crippen LogP contribution in [0.25, 0.3) is 0 Å². The van der Waals surface area contributed by atoms with Gasteiger partial charge in [-0.1, -0.05) is 19.3 Å². The van der Waals surface area contributed by atoms with E-state index in [1.165, 1.54) is 11.8 Å². The van der Waals surface area contributed by atoms with Crippen molar-refractivity contribution in [3.05, 3.63) is 0 Å². The number of rotatable bonds is 0. The van der Waals surface area contributed by atoms with Gasteiger partial charge in [-0.3, -0.25) is 0 Å². The standard InChI is InChI=1S/C12H18/c1-2-7-12-9-4-3-6-11(12,8-9)10(12)5-1/h9-10H,1-8H2. The first-order valence-electron chi connectivity index (χ1n) is 5.90. The zero-order valence-electron chi connectivity index (χ0n) is 7.81. The van der Waals surface area contributed by atoms with E-state index in [9.17, 15) is 0 Å². The van der Waals surface area contributed by atoms with Gasteiger partial charge in [-0.15, -0.1) is 0 Å². The largest absolute Gasteiger partial charge is 0.0530 e. The van der Waals surface area contributed by atoms with Gasteiger partial charge in [-0.2, -0.15) is 0 Å². The Labute approximate surface area is 74.7 Å². The monoisotopic (exact) mass is 162 g/mol. The van der Waals surface area contributed by atoms with Gasteiger partial charge >= 0.3 is 0 Å². The fourth-order valence-corrected chi connectivity index (χ4v) is 5.77. The molecule has 0 nitrogen and oxygen atoms in total. The second-order valence-electron chi connectivity index (χ2n) is 5.79. The fraction of sp³-hybridized carbons (Fsp3) is 1.00. The lowest BCUT2D eigenvalue weighted by atomic mass is 9.56. The molecule has 0 saturated heterocycles. The summed E-state index contributed by atoms with van der Waals surface area (Å²) in [5.74, 6) is 2.43. The van der Waals surface area contributed by atoms with E-state index in [4.69, 9.17) is 0 Å². The lowest BCUT2D eigenvalue weighted by Gasteiger charge is -2.49. The van der Waals surface area contributed by atoms with Crippen LogP contribution in [-0.4, -0.2) is 0 Å². The van der Waals surface area contributed by atoms with Gasteiger partial charge in [-0.05, 0) is 54.8 Å². The third-order valence-electron chi connectivity index (χ3n) is 5.98. The summed E-state index contributed by atoms with van der Waals surface area (Å²) >= 11 is 0. The van der Waals surface area contributed by atoms with E-state index in [0.29, 0.717) is 0 Å². The van der Waals surface area contributed by atoms with Crippen LogP contribution in [0.2, 0.25) is 0 Å². The molecule has 0 aromatic heterocycles. The number of hydrogen-bond donors (Lipinski definition) is 0. The molecule has 0 N–H and O–H groups in total. The summed E-state index contributed by atoms with van der Waals surface area (Å²) in [5.41, 5.74) is 1.94. The van der Waals surface area contributed by atoms with Gasteiger partial charge in [0.25, 0.3) is 0 Å². The van der Waals surface area contributed by atoms with Crippen molar-refractivity contribution >= 4 is 0 Å². The first kappa shape index (κ1) is 6.45. The van der Waals surface area contributed by atoms with Gasteiger partial charge in [0.1, 0.15) is 0 Å². The van der Waals surface area contributed by atoms with Crippen LogP contribution >= 0.6 is 0 Å². The minimum Gasteiger partial charge on any atom is -0.0530 e. The summed E-state index contributed by atoms with van der Waals surface area (Å²) in [6.45, 7) is 0. The highest BCUT2D eigenvalue weighted by Crippen LogP contribution is 2.92. The maximum absolute atomic E-state index is 1.65. The van der Waals surface area contributed by atoms with Crippen LogP contribution in [0.5, 0.6) is 0 Å². The van der Waals surface area contributed by atoms with Crippen LogP contribution < -0.4 is 0 Å². The van der Waals surface area contributed by atoms with Gasteiger partial charge in [0.2, 0.25) is 0 Å². The van der Waals surface area contributed by atoms with Gasteiger partial charge in [0.05, 0.1) is 0 Å². The summed E-state index contributed by atoms with van der Waals surface area (Å²) in [4.78, 5) is 0. The molecule has 0 amide bonds. The van der Waals surface area contributed by atoms with Crippen LogP contribution in [0.4, 0.5) is 0 Å².